The molecule has 1 amide bonds. The molecule has 1 aliphatic rings. The van der Waals surface area contributed by atoms with Gasteiger partial charge in [0.1, 0.15) is 0 Å². The van der Waals surface area contributed by atoms with Gasteiger partial charge in [0, 0.05) is 6.42 Å². The summed E-state index contributed by atoms with van der Waals surface area (Å²) in [6.07, 6.45) is 0.633. The first-order valence-corrected chi connectivity index (χ1v) is 7.09. The standard InChI is InChI=1S/C8H13NO6S2/c10-7-2-1-4-9(7)15-8(11)6(3-5-16)17(12,13)14/h6,16H,1-5H2,(H,12,13,14). The van der Waals surface area contributed by atoms with Gasteiger partial charge in [0.25, 0.3) is 16.0 Å². The van der Waals surface area contributed by atoms with Crippen LogP contribution in [0.2, 0.25) is 0 Å². The van der Waals surface area contributed by atoms with Gasteiger partial charge >= 0.3 is 5.97 Å². The summed E-state index contributed by atoms with van der Waals surface area (Å²) in [5.41, 5.74) is 0. The summed E-state index contributed by atoms with van der Waals surface area (Å²) >= 11 is 3.79. The molecule has 0 spiro atoms. The summed E-state index contributed by atoms with van der Waals surface area (Å²) in [4.78, 5) is 27.3. The molecule has 1 fully saturated rings. The van der Waals surface area contributed by atoms with Crippen molar-refractivity contribution >= 4 is 34.6 Å². The average molecular weight is 283 g/mol. The zero-order valence-electron chi connectivity index (χ0n) is 8.90. The van der Waals surface area contributed by atoms with Crippen molar-refractivity contribution in [3.8, 4) is 0 Å². The van der Waals surface area contributed by atoms with Crippen LogP contribution in [0.5, 0.6) is 0 Å². The normalized spacial score (nSPS) is 18.2. The Balaban J connectivity index is 2.69. The van der Waals surface area contributed by atoms with Gasteiger partial charge in [-0.1, -0.05) is 0 Å². The molecule has 1 heterocycles. The van der Waals surface area contributed by atoms with Gasteiger partial charge in [-0.25, -0.2) is 4.79 Å². The van der Waals surface area contributed by atoms with Crippen molar-refractivity contribution < 1.29 is 27.4 Å². The SMILES string of the molecule is O=C(ON1CCCC1=O)C(CCS)S(=O)(=O)O. The average Bonchev–Trinajstić information content (AvgIpc) is 2.59. The third kappa shape index (κ3) is 3.86. The maximum absolute atomic E-state index is 11.5. The number of amides is 1. The Morgan fingerprint density at radius 3 is 2.65 bits per heavy atom. The maximum atomic E-state index is 11.5. The van der Waals surface area contributed by atoms with Crippen molar-refractivity contribution in [2.45, 2.75) is 24.5 Å². The largest absolute Gasteiger partial charge is 0.353 e. The molecule has 1 rings (SSSR count). The van der Waals surface area contributed by atoms with Gasteiger partial charge in [-0.2, -0.15) is 26.1 Å². The van der Waals surface area contributed by atoms with Crippen LogP contribution in [0.25, 0.3) is 0 Å². The molecule has 0 aromatic heterocycles. The monoisotopic (exact) mass is 283 g/mol. The van der Waals surface area contributed by atoms with E-state index in [0.29, 0.717) is 6.42 Å². The first kappa shape index (κ1) is 14.3. The molecule has 7 nitrogen and oxygen atoms in total. The Kier molecular flexibility index (Phi) is 4.78. The van der Waals surface area contributed by atoms with Gasteiger partial charge in [-0.15, -0.1) is 0 Å². The lowest BCUT2D eigenvalue weighted by Gasteiger charge is -2.17. The molecule has 0 aliphatic carbocycles. The fourth-order valence-electron chi connectivity index (χ4n) is 1.39. The minimum Gasteiger partial charge on any atom is -0.337 e. The number of carbonyl (C=O) groups excluding carboxylic acids is 2. The number of nitrogens with zero attached hydrogens (tertiary/aromatic N) is 1. The molecule has 0 radical (unpaired) electrons. The number of hydrogen-bond donors (Lipinski definition) is 2. The highest BCUT2D eigenvalue weighted by atomic mass is 32.2. The molecule has 1 saturated heterocycles. The molecule has 1 unspecified atom stereocenters. The van der Waals surface area contributed by atoms with Crippen molar-refractivity contribution in [2.75, 3.05) is 12.3 Å². The van der Waals surface area contributed by atoms with Gasteiger partial charge in [-0.3, -0.25) is 9.35 Å². The van der Waals surface area contributed by atoms with Crippen LogP contribution >= 0.6 is 12.6 Å². The van der Waals surface area contributed by atoms with Gasteiger partial charge in [-0.05, 0) is 18.6 Å². The topological polar surface area (TPSA) is 101 Å². The van der Waals surface area contributed by atoms with E-state index in [1.807, 2.05) is 0 Å². The quantitative estimate of drug-likeness (QED) is 0.528. The van der Waals surface area contributed by atoms with E-state index in [1.165, 1.54) is 0 Å². The highest BCUT2D eigenvalue weighted by Crippen LogP contribution is 2.14. The molecule has 1 aliphatic heterocycles. The van der Waals surface area contributed by atoms with E-state index in [-0.39, 0.29) is 31.0 Å². The summed E-state index contributed by atoms with van der Waals surface area (Å²) in [5, 5.41) is -0.882. The molecule has 0 aromatic rings. The van der Waals surface area contributed by atoms with Crippen LogP contribution in [-0.2, 0) is 24.5 Å². The van der Waals surface area contributed by atoms with Gasteiger partial charge in [0.05, 0.1) is 6.54 Å². The smallest absolute Gasteiger partial charge is 0.337 e. The Bertz CT molecular complexity index is 406. The molecule has 98 valence electrons. The third-order valence-electron chi connectivity index (χ3n) is 2.24. The van der Waals surface area contributed by atoms with Crippen LogP contribution in [0, 0.1) is 0 Å². The van der Waals surface area contributed by atoms with E-state index in [4.69, 9.17) is 4.55 Å². The lowest BCUT2D eigenvalue weighted by atomic mass is 10.3. The fourth-order valence-corrected chi connectivity index (χ4v) is 2.53. The summed E-state index contributed by atoms with van der Waals surface area (Å²) in [6.45, 7) is 0.240. The minimum absolute atomic E-state index is 0.0908. The Labute approximate surface area is 104 Å². The maximum Gasteiger partial charge on any atom is 0.353 e. The highest BCUT2D eigenvalue weighted by Gasteiger charge is 2.35. The summed E-state index contributed by atoms with van der Waals surface area (Å²) < 4.78 is 30.7. The van der Waals surface area contributed by atoms with Crippen molar-refractivity contribution in [3.05, 3.63) is 0 Å². The third-order valence-corrected chi connectivity index (χ3v) is 3.65. The zero-order valence-corrected chi connectivity index (χ0v) is 10.6. The van der Waals surface area contributed by atoms with Gasteiger partial charge < -0.3 is 4.84 Å². The molecule has 17 heavy (non-hydrogen) atoms. The first-order valence-electron chi connectivity index (χ1n) is 4.95. The van der Waals surface area contributed by atoms with Gasteiger partial charge in [0.2, 0.25) is 0 Å². The van der Waals surface area contributed by atoms with E-state index in [9.17, 15) is 18.0 Å². The molecule has 1 N–H and O–H groups in total. The van der Waals surface area contributed by atoms with Crippen LogP contribution in [-0.4, -0.2) is 47.5 Å². The number of carbonyl (C=O) groups is 2. The molecule has 0 aromatic carbocycles. The van der Waals surface area contributed by atoms with E-state index in [1.54, 1.807) is 0 Å². The van der Waals surface area contributed by atoms with E-state index >= 15 is 0 Å². The predicted octanol–water partition coefficient (Wildman–Crippen LogP) is -0.357. The summed E-state index contributed by atoms with van der Waals surface area (Å²) in [7, 11) is -4.55. The number of rotatable bonds is 5. The van der Waals surface area contributed by atoms with E-state index in [0.717, 1.165) is 5.06 Å². The summed E-state index contributed by atoms with van der Waals surface area (Å²) in [6, 6.07) is 0. The van der Waals surface area contributed by atoms with E-state index in [2.05, 4.69) is 17.5 Å². The predicted molar refractivity (Wildman–Crippen MR) is 60.8 cm³/mol. The van der Waals surface area contributed by atoms with Crippen LogP contribution in [0.4, 0.5) is 0 Å². The second-order valence-corrected chi connectivity index (χ2v) is 5.57. The Hall–Kier alpha value is -0.800. The first-order chi connectivity index (χ1) is 7.86. The van der Waals surface area contributed by atoms with Crippen LogP contribution in [0.3, 0.4) is 0 Å². The lowest BCUT2D eigenvalue weighted by Crippen LogP contribution is -2.38. The van der Waals surface area contributed by atoms with Crippen LogP contribution < -0.4 is 0 Å². The molecular formula is C8H13NO6S2. The van der Waals surface area contributed by atoms with E-state index < -0.39 is 21.3 Å². The van der Waals surface area contributed by atoms with Crippen LogP contribution in [0.1, 0.15) is 19.3 Å². The zero-order chi connectivity index (χ0) is 13.1. The van der Waals surface area contributed by atoms with Crippen molar-refractivity contribution in [1.29, 1.82) is 0 Å². The van der Waals surface area contributed by atoms with Crippen molar-refractivity contribution in [1.82, 2.24) is 5.06 Å². The Morgan fingerprint density at radius 2 is 2.24 bits per heavy atom. The molecular weight excluding hydrogens is 270 g/mol. The Morgan fingerprint density at radius 1 is 1.59 bits per heavy atom. The molecule has 0 saturated carbocycles. The van der Waals surface area contributed by atoms with Crippen molar-refractivity contribution in [3.63, 3.8) is 0 Å². The fraction of sp³-hybridized carbons (Fsp3) is 0.750. The van der Waals surface area contributed by atoms with Crippen molar-refractivity contribution in [2.24, 2.45) is 0 Å². The number of hydroxylamine groups is 2. The highest BCUT2D eigenvalue weighted by molar-refractivity contribution is 7.87. The molecule has 9 heteroatoms. The van der Waals surface area contributed by atoms with Crippen LogP contribution in [0.15, 0.2) is 0 Å². The second-order valence-electron chi connectivity index (χ2n) is 3.53. The minimum atomic E-state index is -4.55. The number of hydrogen-bond acceptors (Lipinski definition) is 6. The summed E-state index contributed by atoms with van der Waals surface area (Å²) in [5.74, 6) is -1.44. The molecule has 0 bridgehead atoms. The number of thiol groups is 1. The lowest BCUT2D eigenvalue weighted by molar-refractivity contribution is -0.192. The molecule has 1 atom stereocenters. The van der Waals surface area contributed by atoms with Gasteiger partial charge in [0.15, 0.2) is 5.25 Å². The second kappa shape index (κ2) is 5.69.